The molecule has 0 saturated carbocycles. The van der Waals surface area contributed by atoms with E-state index in [1.54, 1.807) is 0 Å². The molecule has 0 aliphatic carbocycles. The summed E-state index contributed by atoms with van der Waals surface area (Å²) in [5, 5.41) is 40.1. The molecule has 0 amide bonds. The van der Waals surface area contributed by atoms with Crippen LogP contribution in [0.15, 0.2) is 0 Å². The minimum Gasteiger partial charge on any atom is -0.846 e. The first-order valence-corrected chi connectivity index (χ1v) is 8.12. The molecule has 29 heavy (non-hydrogen) atoms. The minimum atomic E-state index is -0.980. The summed E-state index contributed by atoms with van der Waals surface area (Å²) in [7, 11) is 0. The fourth-order valence-electron chi connectivity index (χ4n) is 1.35. The third-order valence-corrected chi connectivity index (χ3v) is 3.06. The van der Waals surface area contributed by atoms with Crippen LogP contribution in [0.5, 0.6) is 0 Å². The Hall–Kier alpha value is -1.57. The van der Waals surface area contributed by atoms with Crippen molar-refractivity contribution in [3.8, 4) is 0 Å². The number of hydrogen-bond donors (Lipinski definition) is 0. The van der Waals surface area contributed by atoms with Gasteiger partial charge in [-0.2, -0.15) is 0 Å². The van der Waals surface area contributed by atoms with E-state index in [0.29, 0.717) is 0 Å². The molecule has 0 aromatic carbocycles. The van der Waals surface area contributed by atoms with Gasteiger partial charge < -0.3 is 39.4 Å². The standard InChI is InChI=1S/2C8H12O6.Ti/c2*1-5(13-7(11)3-9)6(2)14-8(12)4-10;/h2*5-6H,3-4H2,1-2H3;/q2*-2;+4/t2*5-,6-;/m00./s1. The van der Waals surface area contributed by atoms with E-state index in [9.17, 15) is 39.6 Å². The largest absolute Gasteiger partial charge is 4.00 e. The molecule has 0 aliphatic heterocycles. The second-order valence-electron chi connectivity index (χ2n) is 5.36. The van der Waals surface area contributed by atoms with Gasteiger partial charge in [-0.1, -0.05) is 0 Å². The molecule has 0 heterocycles. The quantitative estimate of drug-likeness (QED) is 0.173. The summed E-state index contributed by atoms with van der Waals surface area (Å²) in [6.45, 7) is 1.96. The molecular formula is C16H24O12Ti. The van der Waals surface area contributed by atoms with Crippen molar-refractivity contribution in [3.05, 3.63) is 0 Å². The van der Waals surface area contributed by atoms with E-state index < -0.39 is 74.7 Å². The Morgan fingerprint density at radius 1 is 0.517 bits per heavy atom. The third kappa shape index (κ3) is 17.0. The monoisotopic (exact) mass is 456 g/mol. The van der Waals surface area contributed by atoms with Gasteiger partial charge in [0.2, 0.25) is 0 Å². The second kappa shape index (κ2) is 18.5. The van der Waals surface area contributed by atoms with Crippen molar-refractivity contribution in [2.24, 2.45) is 0 Å². The number of ether oxygens (including phenoxy) is 4. The summed E-state index contributed by atoms with van der Waals surface area (Å²) in [4.78, 5) is 42.2. The van der Waals surface area contributed by atoms with Gasteiger partial charge in [-0.25, -0.2) is 0 Å². The molecule has 0 rings (SSSR count). The van der Waals surface area contributed by atoms with Crippen LogP contribution in [0.2, 0.25) is 0 Å². The zero-order valence-electron chi connectivity index (χ0n) is 16.5. The van der Waals surface area contributed by atoms with E-state index >= 15 is 0 Å². The van der Waals surface area contributed by atoms with Crippen LogP contribution < -0.4 is 20.4 Å². The van der Waals surface area contributed by atoms with E-state index in [1.165, 1.54) is 27.7 Å². The van der Waals surface area contributed by atoms with E-state index in [1.807, 2.05) is 0 Å². The normalized spacial score (nSPS) is 13.8. The molecule has 0 N–H and O–H groups in total. The summed E-state index contributed by atoms with van der Waals surface area (Å²) in [5.74, 6) is -3.66. The minimum absolute atomic E-state index is 0. The van der Waals surface area contributed by atoms with E-state index in [0.717, 1.165) is 0 Å². The van der Waals surface area contributed by atoms with Gasteiger partial charge in [0.25, 0.3) is 23.9 Å². The maximum Gasteiger partial charge on any atom is 4.00 e. The van der Waals surface area contributed by atoms with Crippen molar-refractivity contribution < 1.29 is 80.3 Å². The molecule has 0 aromatic rings. The molecule has 164 valence electrons. The molecular weight excluding hydrogens is 432 g/mol. The Kier molecular flexibility index (Phi) is 20.4. The molecule has 0 aromatic heterocycles. The molecule has 0 fully saturated rings. The van der Waals surface area contributed by atoms with Crippen molar-refractivity contribution in [3.63, 3.8) is 0 Å². The first-order chi connectivity index (χ1) is 13.0. The molecule has 12 nitrogen and oxygen atoms in total. The predicted octanol–water partition coefficient (Wildman–Crippen LogP) is -4.86. The van der Waals surface area contributed by atoms with Crippen LogP contribution >= 0.6 is 0 Å². The first kappa shape index (κ1) is 32.1. The Labute approximate surface area is 183 Å². The van der Waals surface area contributed by atoms with E-state index in [4.69, 9.17) is 0 Å². The van der Waals surface area contributed by atoms with Crippen molar-refractivity contribution in [1.29, 1.82) is 0 Å². The SMILES string of the molecule is C[C@H](OC(=O)C[O-])[C@H](C)OC(=O)C[O-].C[C@H](OC(=O)C[O-])[C@H](C)OC(=O)C[O-].[Ti+4]. The number of esters is 4. The first-order valence-electron chi connectivity index (χ1n) is 8.12. The maximum absolute atomic E-state index is 10.5. The van der Waals surface area contributed by atoms with Crippen LogP contribution in [-0.4, -0.2) is 74.7 Å². The summed E-state index contributed by atoms with van der Waals surface area (Å²) in [6.07, 6.45) is -2.92. The van der Waals surface area contributed by atoms with Gasteiger partial charge in [0, 0.05) is 0 Å². The van der Waals surface area contributed by atoms with Crippen molar-refractivity contribution in [2.75, 3.05) is 26.4 Å². The van der Waals surface area contributed by atoms with E-state index in [-0.39, 0.29) is 21.7 Å². The Morgan fingerprint density at radius 3 is 0.759 bits per heavy atom. The molecule has 0 aliphatic rings. The molecule has 0 spiro atoms. The molecule has 0 saturated heterocycles. The van der Waals surface area contributed by atoms with Crippen LogP contribution in [0.1, 0.15) is 27.7 Å². The van der Waals surface area contributed by atoms with Crippen LogP contribution in [0.3, 0.4) is 0 Å². The van der Waals surface area contributed by atoms with Crippen molar-refractivity contribution in [1.82, 2.24) is 0 Å². The fourth-order valence-corrected chi connectivity index (χ4v) is 1.35. The third-order valence-electron chi connectivity index (χ3n) is 3.06. The van der Waals surface area contributed by atoms with Gasteiger partial charge in [0.1, 0.15) is 24.4 Å². The molecule has 0 radical (unpaired) electrons. The summed E-state index contributed by atoms with van der Waals surface area (Å²) >= 11 is 0. The van der Waals surface area contributed by atoms with Crippen LogP contribution in [0.25, 0.3) is 0 Å². The van der Waals surface area contributed by atoms with Gasteiger partial charge in [0.05, 0.1) is 0 Å². The number of rotatable bonds is 10. The number of hydrogen-bond acceptors (Lipinski definition) is 12. The topological polar surface area (TPSA) is 197 Å². The van der Waals surface area contributed by atoms with Gasteiger partial charge in [-0.05, 0) is 54.1 Å². The average Bonchev–Trinajstić information content (AvgIpc) is 2.67. The van der Waals surface area contributed by atoms with Gasteiger partial charge in [-0.3, -0.25) is 19.2 Å². The molecule has 0 unspecified atom stereocenters. The van der Waals surface area contributed by atoms with Crippen molar-refractivity contribution in [2.45, 2.75) is 52.1 Å². The van der Waals surface area contributed by atoms with Crippen molar-refractivity contribution >= 4 is 23.9 Å². The van der Waals surface area contributed by atoms with E-state index in [2.05, 4.69) is 18.9 Å². The maximum atomic E-state index is 10.5. The second-order valence-corrected chi connectivity index (χ2v) is 5.36. The predicted molar refractivity (Wildman–Crippen MR) is 81.7 cm³/mol. The Morgan fingerprint density at radius 2 is 0.655 bits per heavy atom. The zero-order chi connectivity index (χ0) is 22.3. The summed E-state index contributed by atoms with van der Waals surface area (Å²) < 4.78 is 18.3. The van der Waals surface area contributed by atoms with Crippen LogP contribution in [-0.2, 0) is 59.8 Å². The Balaban J connectivity index is -0.000000451. The molecule has 0 bridgehead atoms. The van der Waals surface area contributed by atoms with Crippen LogP contribution in [0.4, 0.5) is 0 Å². The molecule has 13 heteroatoms. The van der Waals surface area contributed by atoms with Crippen LogP contribution in [0, 0.1) is 0 Å². The smallest absolute Gasteiger partial charge is 0.846 e. The fraction of sp³-hybridized carbons (Fsp3) is 0.750. The summed E-state index contributed by atoms with van der Waals surface area (Å²) in [6, 6.07) is 0. The Bertz CT molecular complexity index is 410. The number of carbonyl (C=O) groups excluding carboxylic acids is 4. The molecule has 4 atom stereocenters. The van der Waals surface area contributed by atoms with Gasteiger partial charge in [0.15, 0.2) is 0 Å². The summed E-state index contributed by atoms with van der Waals surface area (Å²) in [5.41, 5.74) is 0. The van der Waals surface area contributed by atoms with Gasteiger partial charge >= 0.3 is 21.7 Å². The van der Waals surface area contributed by atoms with Gasteiger partial charge in [-0.15, -0.1) is 0 Å². The number of carbonyl (C=O) groups is 4. The average molecular weight is 456 g/mol. The zero-order valence-corrected chi connectivity index (χ0v) is 18.1.